The molecule has 0 aliphatic carbocycles. The fourth-order valence-electron chi connectivity index (χ4n) is 2.05. The van der Waals surface area contributed by atoms with Crippen LogP contribution in [0.2, 0.25) is 0 Å². The van der Waals surface area contributed by atoms with E-state index < -0.39 is 11.9 Å². The SMILES string of the molecule is Nc1nc(COC(=O)CNC(=O)c2ccco2)nc(Nc2ccccc2)n1. The van der Waals surface area contributed by atoms with Crippen molar-refractivity contribution in [3.05, 3.63) is 60.3 Å². The van der Waals surface area contributed by atoms with Gasteiger partial charge in [0.2, 0.25) is 11.9 Å². The highest BCUT2D eigenvalue weighted by atomic mass is 16.5. The number of benzene rings is 1. The van der Waals surface area contributed by atoms with Gasteiger partial charge in [0, 0.05) is 5.69 Å². The lowest BCUT2D eigenvalue weighted by Gasteiger charge is -2.08. The van der Waals surface area contributed by atoms with Crippen LogP contribution in [0.1, 0.15) is 16.4 Å². The van der Waals surface area contributed by atoms with Crippen molar-refractivity contribution < 1.29 is 18.7 Å². The summed E-state index contributed by atoms with van der Waals surface area (Å²) in [5.74, 6) is -0.690. The van der Waals surface area contributed by atoms with Crippen molar-refractivity contribution in [3.8, 4) is 0 Å². The van der Waals surface area contributed by atoms with E-state index in [4.69, 9.17) is 14.9 Å². The Hall–Kier alpha value is -3.95. The summed E-state index contributed by atoms with van der Waals surface area (Å²) in [5.41, 5.74) is 6.43. The first-order chi connectivity index (χ1) is 13.1. The molecule has 0 radical (unpaired) electrons. The molecule has 0 fully saturated rings. The lowest BCUT2D eigenvalue weighted by Crippen LogP contribution is -2.30. The number of amides is 1. The fraction of sp³-hybridized carbons (Fsp3) is 0.118. The van der Waals surface area contributed by atoms with E-state index in [0.29, 0.717) is 0 Å². The molecule has 2 heterocycles. The van der Waals surface area contributed by atoms with Gasteiger partial charge in [-0.1, -0.05) is 18.2 Å². The number of hydrogen-bond acceptors (Lipinski definition) is 9. The number of anilines is 3. The van der Waals surface area contributed by atoms with Crippen LogP contribution in [-0.4, -0.2) is 33.4 Å². The summed E-state index contributed by atoms with van der Waals surface area (Å²) in [4.78, 5) is 35.5. The minimum absolute atomic E-state index is 0.0133. The number of furan rings is 1. The van der Waals surface area contributed by atoms with Gasteiger partial charge in [-0.15, -0.1) is 0 Å². The number of carbonyl (C=O) groups excluding carboxylic acids is 2. The molecule has 0 saturated heterocycles. The summed E-state index contributed by atoms with van der Waals surface area (Å²) in [6.45, 7) is -0.541. The van der Waals surface area contributed by atoms with E-state index in [1.165, 1.54) is 12.3 Å². The Kier molecular flexibility index (Phi) is 5.57. The van der Waals surface area contributed by atoms with E-state index in [9.17, 15) is 9.59 Å². The van der Waals surface area contributed by atoms with E-state index in [0.717, 1.165) is 5.69 Å². The third-order valence-corrected chi connectivity index (χ3v) is 3.23. The Bertz CT molecular complexity index is 914. The van der Waals surface area contributed by atoms with Crippen LogP contribution in [0.4, 0.5) is 17.6 Å². The average Bonchev–Trinajstić information content (AvgIpc) is 3.20. The van der Waals surface area contributed by atoms with Crippen molar-refractivity contribution in [2.24, 2.45) is 0 Å². The number of aromatic nitrogens is 3. The summed E-state index contributed by atoms with van der Waals surface area (Å²) in [6.07, 6.45) is 1.36. The number of nitrogens with two attached hydrogens (primary N) is 1. The number of ether oxygens (including phenoxy) is 1. The van der Waals surface area contributed by atoms with E-state index in [2.05, 4.69) is 25.6 Å². The summed E-state index contributed by atoms with van der Waals surface area (Å²) in [5, 5.41) is 5.36. The maximum Gasteiger partial charge on any atom is 0.325 e. The van der Waals surface area contributed by atoms with Gasteiger partial charge in [0.1, 0.15) is 6.54 Å². The molecule has 27 heavy (non-hydrogen) atoms. The summed E-state index contributed by atoms with van der Waals surface area (Å²) >= 11 is 0. The number of carbonyl (C=O) groups is 2. The minimum Gasteiger partial charge on any atom is -0.459 e. The number of nitrogens with zero attached hydrogens (tertiary/aromatic N) is 3. The predicted molar refractivity (Wildman–Crippen MR) is 94.8 cm³/mol. The van der Waals surface area contributed by atoms with E-state index in [1.807, 2.05) is 30.3 Å². The van der Waals surface area contributed by atoms with Gasteiger partial charge >= 0.3 is 5.97 Å². The quantitative estimate of drug-likeness (QED) is 0.525. The molecule has 0 aliphatic heterocycles. The first-order valence-corrected chi connectivity index (χ1v) is 7.90. The fourth-order valence-corrected chi connectivity index (χ4v) is 2.05. The molecule has 2 aromatic heterocycles. The highest BCUT2D eigenvalue weighted by Crippen LogP contribution is 2.12. The van der Waals surface area contributed by atoms with Crippen LogP contribution in [-0.2, 0) is 16.1 Å². The Morgan fingerprint density at radius 1 is 1.07 bits per heavy atom. The van der Waals surface area contributed by atoms with Crippen LogP contribution < -0.4 is 16.4 Å². The summed E-state index contributed by atoms with van der Waals surface area (Å²) in [7, 11) is 0. The van der Waals surface area contributed by atoms with Gasteiger partial charge in [0.25, 0.3) is 5.91 Å². The van der Waals surface area contributed by atoms with E-state index >= 15 is 0 Å². The normalized spacial score (nSPS) is 10.2. The van der Waals surface area contributed by atoms with Crippen LogP contribution in [0, 0.1) is 0 Å². The molecule has 1 aromatic carbocycles. The van der Waals surface area contributed by atoms with Crippen LogP contribution in [0.5, 0.6) is 0 Å². The van der Waals surface area contributed by atoms with Gasteiger partial charge in [-0.3, -0.25) is 9.59 Å². The van der Waals surface area contributed by atoms with Crippen molar-refractivity contribution in [3.63, 3.8) is 0 Å². The molecule has 0 aliphatic rings. The first kappa shape index (κ1) is 17.9. The number of rotatable bonds is 7. The van der Waals surface area contributed by atoms with Crippen molar-refractivity contribution in [2.45, 2.75) is 6.61 Å². The van der Waals surface area contributed by atoms with Gasteiger partial charge in [-0.05, 0) is 24.3 Å². The minimum atomic E-state index is -0.661. The number of esters is 1. The van der Waals surface area contributed by atoms with Gasteiger partial charge in [0.05, 0.1) is 6.26 Å². The van der Waals surface area contributed by atoms with Gasteiger partial charge < -0.3 is 25.5 Å². The maximum atomic E-state index is 11.8. The van der Waals surface area contributed by atoms with Gasteiger partial charge in [-0.2, -0.15) is 15.0 Å². The average molecular weight is 368 g/mol. The van der Waals surface area contributed by atoms with Crippen molar-refractivity contribution in [1.82, 2.24) is 20.3 Å². The Morgan fingerprint density at radius 3 is 2.63 bits per heavy atom. The molecule has 0 bridgehead atoms. The lowest BCUT2D eigenvalue weighted by atomic mass is 10.3. The monoisotopic (exact) mass is 368 g/mol. The van der Waals surface area contributed by atoms with Crippen LogP contribution in [0.15, 0.2) is 53.1 Å². The van der Waals surface area contributed by atoms with Gasteiger partial charge in [0.15, 0.2) is 18.2 Å². The Labute approximate surface area is 153 Å². The number of hydrogen-bond donors (Lipinski definition) is 3. The zero-order valence-corrected chi connectivity index (χ0v) is 14.1. The first-order valence-electron chi connectivity index (χ1n) is 7.90. The second kappa shape index (κ2) is 8.43. The van der Waals surface area contributed by atoms with E-state index in [-0.39, 0.29) is 36.6 Å². The molecule has 4 N–H and O–H groups in total. The topological polar surface area (TPSA) is 145 Å². The zero-order chi connectivity index (χ0) is 19.1. The molecule has 10 nitrogen and oxygen atoms in total. The molecule has 10 heteroatoms. The number of nitrogen functional groups attached to an aromatic ring is 1. The molecule has 3 aromatic rings. The highest BCUT2D eigenvalue weighted by molar-refractivity contribution is 5.93. The van der Waals surface area contributed by atoms with Crippen molar-refractivity contribution in [1.29, 1.82) is 0 Å². The van der Waals surface area contributed by atoms with Crippen LogP contribution in [0.3, 0.4) is 0 Å². The molecule has 1 amide bonds. The smallest absolute Gasteiger partial charge is 0.325 e. The molecule has 0 saturated carbocycles. The molecule has 3 rings (SSSR count). The zero-order valence-electron chi connectivity index (χ0n) is 14.1. The summed E-state index contributed by atoms with van der Waals surface area (Å²) in [6, 6.07) is 12.3. The molecular weight excluding hydrogens is 352 g/mol. The predicted octanol–water partition coefficient (Wildman–Crippen LogP) is 1.26. The second-order valence-electron chi connectivity index (χ2n) is 5.25. The van der Waals surface area contributed by atoms with Gasteiger partial charge in [-0.25, -0.2) is 0 Å². The number of nitrogens with one attached hydrogen (secondary N) is 2. The van der Waals surface area contributed by atoms with Crippen molar-refractivity contribution >= 4 is 29.5 Å². The molecular formula is C17H16N6O4. The van der Waals surface area contributed by atoms with Crippen LogP contribution in [0.25, 0.3) is 0 Å². The summed E-state index contributed by atoms with van der Waals surface area (Å²) < 4.78 is 9.96. The third kappa shape index (κ3) is 5.26. The highest BCUT2D eigenvalue weighted by Gasteiger charge is 2.12. The molecule has 0 spiro atoms. The maximum absolute atomic E-state index is 11.8. The van der Waals surface area contributed by atoms with Crippen LogP contribution >= 0.6 is 0 Å². The second-order valence-corrected chi connectivity index (χ2v) is 5.25. The van der Waals surface area contributed by atoms with Crippen molar-refractivity contribution in [2.75, 3.05) is 17.6 Å². The molecule has 0 atom stereocenters. The molecule has 138 valence electrons. The standard InChI is InChI=1S/C17H16N6O4/c18-16-21-13(22-17(23-16)20-11-5-2-1-3-6-11)10-27-14(24)9-19-15(25)12-7-4-8-26-12/h1-8H,9-10H2,(H,19,25)(H3,18,20,21,22,23). The largest absolute Gasteiger partial charge is 0.459 e. The number of para-hydroxylation sites is 1. The third-order valence-electron chi connectivity index (χ3n) is 3.23. The molecule has 0 unspecified atom stereocenters. The Balaban J connectivity index is 1.52. The lowest BCUT2D eigenvalue weighted by molar-refractivity contribution is -0.143. The Morgan fingerprint density at radius 2 is 1.89 bits per heavy atom. The van der Waals surface area contributed by atoms with E-state index in [1.54, 1.807) is 6.07 Å².